The lowest BCUT2D eigenvalue weighted by atomic mass is 10.1. The molecule has 2 N–H and O–H groups in total. The fraction of sp³-hybridized carbons (Fsp3) is 0.917. The molecule has 0 aliphatic rings. The molecule has 6 heteroatoms. The van der Waals surface area contributed by atoms with E-state index in [4.69, 9.17) is 5.53 Å². The van der Waals surface area contributed by atoms with Crippen LogP contribution in [0.15, 0.2) is 5.11 Å². The first-order valence-corrected chi connectivity index (χ1v) is 6.63. The van der Waals surface area contributed by atoms with Crippen LogP contribution in [0.4, 0.5) is 0 Å². The number of hydrogen-bond acceptors (Lipinski definition) is 3. The maximum atomic E-state index is 11.5. The smallest absolute Gasteiger partial charge is 0.249 e. The summed E-state index contributed by atoms with van der Waals surface area (Å²) in [5.74, 6) is -0.469. The van der Waals surface area contributed by atoms with Crippen molar-refractivity contribution in [3.8, 4) is 0 Å². The van der Waals surface area contributed by atoms with Gasteiger partial charge in [0.25, 0.3) is 0 Å². The van der Waals surface area contributed by atoms with Crippen LogP contribution in [0, 0.1) is 0 Å². The third-order valence-electron chi connectivity index (χ3n) is 2.79. The Kier molecular flexibility index (Phi) is 10.1. The van der Waals surface area contributed by atoms with Crippen molar-refractivity contribution >= 4 is 5.91 Å². The van der Waals surface area contributed by atoms with Gasteiger partial charge in [-0.3, -0.25) is 4.79 Å². The maximum Gasteiger partial charge on any atom is 0.249 e. The molecule has 0 rings (SSSR count). The van der Waals surface area contributed by atoms with Crippen LogP contribution in [0.1, 0.15) is 52.4 Å². The van der Waals surface area contributed by atoms with Crippen LogP contribution < -0.4 is 5.32 Å². The predicted octanol–water partition coefficient (Wildman–Crippen LogP) is 2.52. The molecule has 0 aromatic heterocycles. The Morgan fingerprint density at radius 3 is 2.56 bits per heavy atom. The number of carbonyl (C=O) groups excluding carboxylic acids is 1. The highest BCUT2D eigenvalue weighted by molar-refractivity contribution is 5.81. The number of nitrogens with zero attached hydrogens (tertiary/aromatic N) is 3. The van der Waals surface area contributed by atoms with E-state index in [1.165, 1.54) is 32.6 Å². The van der Waals surface area contributed by atoms with Crippen LogP contribution in [0.25, 0.3) is 10.4 Å². The highest BCUT2D eigenvalue weighted by atomic mass is 16.3. The van der Waals surface area contributed by atoms with Crippen molar-refractivity contribution in [3.05, 3.63) is 10.4 Å². The Balaban J connectivity index is 3.61. The lowest BCUT2D eigenvalue weighted by molar-refractivity contribution is -0.130. The SMILES string of the molecule is CCCCCCCCNC(=O)C(O)C(C)N=[N+]=[N-]. The summed E-state index contributed by atoms with van der Waals surface area (Å²) >= 11 is 0. The van der Waals surface area contributed by atoms with E-state index in [9.17, 15) is 9.90 Å². The second kappa shape index (κ2) is 10.9. The highest BCUT2D eigenvalue weighted by Gasteiger charge is 2.20. The minimum atomic E-state index is -1.26. The van der Waals surface area contributed by atoms with Crippen LogP contribution in [-0.2, 0) is 4.79 Å². The van der Waals surface area contributed by atoms with E-state index in [1.54, 1.807) is 0 Å². The highest BCUT2D eigenvalue weighted by Crippen LogP contribution is 2.04. The summed E-state index contributed by atoms with van der Waals surface area (Å²) in [6.07, 6.45) is 5.64. The molecule has 0 aliphatic heterocycles. The molecule has 0 saturated heterocycles. The first kappa shape index (κ1) is 16.7. The van der Waals surface area contributed by atoms with E-state index in [0.717, 1.165) is 12.8 Å². The minimum Gasteiger partial charge on any atom is -0.383 e. The standard InChI is InChI=1S/C12H24N4O2/c1-3-4-5-6-7-8-9-14-12(18)11(17)10(2)15-16-13/h10-11,17H,3-9H2,1-2H3,(H,14,18). The lowest BCUT2D eigenvalue weighted by Crippen LogP contribution is -2.40. The molecule has 1 amide bonds. The number of aliphatic hydroxyl groups excluding tert-OH is 1. The van der Waals surface area contributed by atoms with Gasteiger partial charge in [0.05, 0.1) is 6.04 Å². The van der Waals surface area contributed by atoms with Gasteiger partial charge in [-0.1, -0.05) is 51.1 Å². The van der Waals surface area contributed by atoms with Crippen molar-refractivity contribution in [2.24, 2.45) is 5.11 Å². The quantitative estimate of drug-likeness (QED) is 0.272. The molecule has 0 spiro atoms. The van der Waals surface area contributed by atoms with Crippen LogP contribution in [0.3, 0.4) is 0 Å². The summed E-state index contributed by atoms with van der Waals surface area (Å²) in [6, 6.07) is -0.737. The molecule has 0 aromatic rings. The van der Waals surface area contributed by atoms with Gasteiger partial charge in [0.15, 0.2) is 0 Å². The predicted molar refractivity (Wildman–Crippen MR) is 71.0 cm³/mol. The van der Waals surface area contributed by atoms with Gasteiger partial charge in [0, 0.05) is 11.5 Å². The summed E-state index contributed by atoms with van der Waals surface area (Å²) in [6.45, 7) is 4.24. The topological polar surface area (TPSA) is 98.1 Å². The summed E-state index contributed by atoms with van der Waals surface area (Å²) in [7, 11) is 0. The monoisotopic (exact) mass is 256 g/mol. The first-order chi connectivity index (χ1) is 8.63. The average Bonchev–Trinajstić information content (AvgIpc) is 2.36. The zero-order chi connectivity index (χ0) is 13.8. The molecule has 104 valence electrons. The van der Waals surface area contributed by atoms with Crippen molar-refractivity contribution in [2.75, 3.05) is 6.54 Å². The number of azide groups is 1. The molecular formula is C12H24N4O2. The fourth-order valence-corrected chi connectivity index (χ4v) is 1.59. The molecule has 18 heavy (non-hydrogen) atoms. The average molecular weight is 256 g/mol. The van der Waals surface area contributed by atoms with E-state index >= 15 is 0 Å². The normalized spacial score (nSPS) is 13.5. The van der Waals surface area contributed by atoms with Crippen molar-refractivity contribution in [1.29, 1.82) is 0 Å². The Hall–Kier alpha value is -1.26. The van der Waals surface area contributed by atoms with Gasteiger partial charge in [-0.15, -0.1) is 0 Å². The number of unbranched alkanes of at least 4 members (excludes halogenated alkanes) is 5. The van der Waals surface area contributed by atoms with E-state index < -0.39 is 18.1 Å². The second-order valence-corrected chi connectivity index (χ2v) is 4.45. The molecular weight excluding hydrogens is 232 g/mol. The molecule has 0 fully saturated rings. The number of aliphatic hydroxyl groups is 1. The summed E-state index contributed by atoms with van der Waals surface area (Å²) in [4.78, 5) is 14.0. The Bertz CT molecular complexity index is 277. The largest absolute Gasteiger partial charge is 0.383 e. The van der Waals surface area contributed by atoms with Crippen molar-refractivity contribution in [1.82, 2.24) is 5.32 Å². The number of carbonyl (C=O) groups is 1. The molecule has 0 aromatic carbocycles. The number of amides is 1. The van der Waals surface area contributed by atoms with Crippen LogP contribution in [-0.4, -0.2) is 29.7 Å². The summed E-state index contributed by atoms with van der Waals surface area (Å²) in [5.41, 5.74) is 8.20. The minimum absolute atomic E-state index is 0.469. The van der Waals surface area contributed by atoms with E-state index in [0.29, 0.717) is 6.54 Å². The van der Waals surface area contributed by atoms with Gasteiger partial charge in [-0.25, -0.2) is 0 Å². The molecule has 0 bridgehead atoms. The van der Waals surface area contributed by atoms with Gasteiger partial charge in [-0.05, 0) is 12.0 Å². The van der Waals surface area contributed by atoms with Crippen molar-refractivity contribution in [2.45, 2.75) is 64.5 Å². The Labute approximate surface area is 108 Å². The van der Waals surface area contributed by atoms with Crippen LogP contribution in [0.2, 0.25) is 0 Å². The van der Waals surface area contributed by atoms with Gasteiger partial charge < -0.3 is 10.4 Å². The Morgan fingerprint density at radius 2 is 1.94 bits per heavy atom. The zero-order valence-corrected chi connectivity index (χ0v) is 11.3. The second-order valence-electron chi connectivity index (χ2n) is 4.45. The van der Waals surface area contributed by atoms with Crippen LogP contribution >= 0.6 is 0 Å². The first-order valence-electron chi connectivity index (χ1n) is 6.63. The summed E-state index contributed by atoms with van der Waals surface area (Å²) < 4.78 is 0. The van der Waals surface area contributed by atoms with Crippen molar-refractivity contribution < 1.29 is 9.90 Å². The Morgan fingerprint density at radius 1 is 1.33 bits per heavy atom. The van der Waals surface area contributed by atoms with Crippen molar-refractivity contribution in [3.63, 3.8) is 0 Å². The molecule has 0 heterocycles. The molecule has 2 atom stereocenters. The fourth-order valence-electron chi connectivity index (χ4n) is 1.59. The number of rotatable bonds is 10. The van der Waals surface area contributed by atoms with E-state index in [-0.39, 0.29) is 0 Å². The molecule has 0 radical (unpaired) electrons. The number of nitrogens with one attached hydrogen (secondary N) is 1. The van der Waals surface area contributed by atoms with E-state index in [1.807, 2.05) is 0 Å². The van der Waals surface area contributed by atoms with E-state index in [2.05, 4.69) is 22.3 Å². The zero-order valence-electron chi connectivity index (χ0n) is 11.3. The van der Waals surface area contributed by atoms with Gasteiger partial charge in [0.1, 0.15) is 6.10 Å². The lowest BCUT2D eigenvalue weighted by Gasteiger charge is -2.13. The van der Waals surface area contributed by atoms with Crippen LogP contribution in [0.5, 0.6) is 0 Å². The molecule has 6 nitrogen and oxygen atoms in total. The maximum absolute atomic E-state index is 11.5. The van der Waals surface area contributed by atoms with Gasteiger partial charge >= 0.3 is 0 Å². The third-order valence-corrected chi connectivity index (χ3v) is 2.79. The summed E-state index contributed by atoms with van der Waals surface area (Å²) in [5, 5.41) is 15.4. The van der Waals surface area contributed by atoms with Gasteiger partial charge in [0.2, 0.25) is 5.91 Å². The molecule has 0 saturated carbocycles. The van der Waals surface area contributed by atoms with Gasteiger partial charge in [-0.2, -0.15) is 0 Å². The third kappa shape index (κ3) is 7.92. The molecule has 2 unspecified atom stereocenters. The molecule has 0 aliphatic carbocycles. The number of hydrogen-bond donors (Lipinski definition) is 2.